The van der Waals surface area contributed by atoms with Gasteiger partial charge in [-0.1, -0.05) is 22.4 Å². The van der Waals surface area contributed by atoms with Crippen molar-refractivity contribution in [3.05, 3.63) is 40.9 Å². The van der Waals surface area contributed by atoms with Gasteiger partial charge in [0.1, 0.15) is 17.2 Å². The Bertz CT molecular complexity index is 1220. The molecule has 0 bridgehead atoms. The molecule has 0 unspecified atom stereocenters. The summed E-state index contributed by atoms with van der Waals surface area (Å²) in [5.74, 6) is -0.687. The molecule has 188 valence electrons. The number of sulfone groups is 1. The van der Waals surface area contributed by atoms with Gasteiger partial charge in [0.25, 0.3) is 0 Å². The molecule has 0 radical (unpaired) electrons. The highest BCUT2D eigenvalue weighted by Crippen LogP contribution is 2.22. The molecule has 4 N–H and O–H groups in total. The number of benzene rings is 1. The summed E-state index contributed by atoms with van der Waals surface area (Å²) in [4.78, 5) is 37.8. The van der Waals surface area contributed by atoms with Crippen LogP contribution in [0.15, 0.2) is 45.7 Å². The number of H-pyrrole nitrogens is 1. The molecule has 3 rings (SSSR count). The summed E-state index contributed by atoms with van der Waals surface area (Å²) in [6.07, 6.45) is 5.25. The minimum absolute atomic E-state index is 0.0208. The second-order valence-electron chi connectivity index (χ2n) is 7.54. The number of nitrogens with two attached hydrogens (primary N) is 1. The number of hydrogen-bond acceptors (Lipinski definition) is 10. The zero-order valence-corrected chi connectivity index (χ0v) is 20.8. The van der Waals surface area contributed by atoms with Crippen molar-refractivity contribution in [1.82, 2.24) is 0 Å². The van der Waals surface area contributed by atoms with E-state index in [1.54, 1.807) is 6.92 Å². The maximum atomic E-state index is 13.1. The van der Waals surface area contributed by atoms with E-state index in [0.717, 1.165) is 43.3 Å². The second kappa shape index (κ2) is 11.8. The molecule has 12 nitrogen and oxygen atoms in total. The molecule has 0 spiro atoms. The van der Waals surface area contributed by atoms with E-state index >= 15 is 0 Å². The Morgan fingerprint density at radius 3 is 2.51 bits per heavy atom. The predicted molar refractivity (Wildman–Crippen MR) is 128 cm³/mol. The number of ether oxygens (including phenoxy) is 1. The van der Waals surface area contributed by atoms with Gasteiger partial charge in [0.05, 0.1) is 11.5 Å². The van der Waals surface area contributed by atoms with E-state index < -0.39 is 21.9 Å². The molecule has 35 heavy (non-hydrogen) atoms. The standard InChI is InChI=1S/C21H25N5O7S2/c1-3-31-21(28)33-26-18(22)16-12-23-20(34-16)24-19(27)17(25-32-14-6-4-5-7-14)13-8-10-15(11-9-13)35(2,29)30/h8-12,14H,3-7H2,1-2H3,(H2,22,26)(H,23,24,27)/p+1/b25-17+. The summed E-state index contributed by atoms with van der Waals surface area (Å²) in [5.41, 5.74) is 6.17. The van der Waals surface area contributed by atoms with Gasteiger partial charge in [-0.25, -0.2) is 23.0 Å². The average molecular weight is 525 g/mol. The fourth-order valence-electron chi connectivity index (χ4n) is 3.13. The summed E-state index contributed by atoms with van der Waals surface area (Å²) >= 11 is 1.05. The van der Waals surface area contributed by atoms with Gasteiger partial charge >= 0.3 is 17.2 Å². The Labute approximate surface area is 206 Å². The first-order valence-corrected chi connectivity index (χ1v) is 13.4. The molecule has 2 aromatic rings. The number of aromatic amines is 1. The van der Waals surface area contributed by atoms with Crippen LogP contribution in [0.4, 0.5) is 9.93 Å². The van der Waals surface area contributed by atoms with Crippen molar-refractivity contribution in [3.63, 3.8) is 0 Å². The molecule has 0 aliphatic heterocycles. The fourth-order valence-corrected chi connectivity index (χ4v) is 4.50. The van der Waals surface area contributed by atoms with Gasteiger partial charge in [0.2, 0.25) is 0 Å². The first kappa shape index (κ1) is 26.1. The lowest BCUT2D eigenvalue weighted by Gasteiger charge is -2.09. The molecule has 1 amide bonds. The van der Waals surface area contributed by atoms with Gasteiger partial charge in [-0.3, -0.25) is 4.84 Å². The van der Waals surface area contributed by atoms with Gasteiger partial charge < -0.3 is 15.3 Å². The lowest BCUT2D eigenvalue weighted by molar-refractivity contribution is -0.354. The van der Waals surface area contributed by atoms with E-state index in [-0.39, 0.29) is 29.2 Å². The van der Waals surface area contributed by atoms with Crippen molar-refractivity contribution in [2.24, 2.45) is 16.0 Å². The van der Waals surface area contributed by atoms with Crippen molar-refractivity contribution in [2.45, 2.75) is 43.6 Å². The number of thiazole rings is 1. The highest BCUT2D eigenvalue weighted by atomic mass is 32.2. The normalized spacial score (nSPS) is 15.0. The number of nitrogens with one attached hydrogen (secondary N) is 2. The number of oxime groups is 2. The van der Waals surface area contributed by atoms with E-state index in [4.69, 9.17) is 10.6 Å². The number of amides is 1. The number of aromatic nitrogens is 1. The second-order valence-corrected chi connectivity index (χ2v) is 10.6. The fraction of sp³-hybridized carbons (Fsp3) is 0.381. The number of hydrogen-bond donors (Lipinski definition) is 2. The Morgan fingerprint density at radius 1 is 1.20 bits per heavy atom. The Kier molecular flexibility index (Phi) is 8.76. The number of carbonyl (C=O) groups is 2. The number of anilines is 1. The van der Waals surface area contributed by atoms with Crippen LogP contribution in [0.2, 0.25) is 0 Å². The molecule has 1 heterocycles. The largest absolute Gasteiger partial charge is 0.535 e. The van der Waals surface area contributed by atoms with E-state index in [9.17, 15) is 18.0 Å². The predicted octanol–water partition coefficient (Wildman–Crippen LogP) is 2.06. The van der Waals surface area contributed by atoms with Gasteiger partial charge in [-0.15, -0.1) is 0 Å². The Hall–Kier alpha value is -3.52. The smallest absolute Gasteiger partial charge is 0.433 e. The molecule has 1 fully saturated rings. The van der Waals surface area contributed by atoms with E-state index in [0.29, 0.717) is 15.6 Å². The molecular formula is C21H26N5O7S2+. The molecule has 0 atom stereocenters. The highest BCUT2D eigenvalue weighted by molar-refractivity contribution is 7.90. The summed E-state index contributed by atoms with van der Waals surface area (Å²) in [7, 11) is -3.40. The van der Waals surface area contributed by atoms with E-state index in [2.05, 4.69) is 30.2 Å². The Morgan fingerprint density at radius 2 is 1.89 bits per heavy atom. The lowest BCUT2D eigenvalue weighted by Crippen LogP contribution is -2.26. The van der Waals surface area contributed by atoms with Crippen LogP contribution in [-0.4, -0.2) is 51.0 Å². The van der Waals surface area contributed by atoms with Gasteiger partial charge in [0.15, 0.2) is 21.4 Å². The number of amidine groups is 1. The van der Waals surface area contributed by atoms with Gasteiger partial charge in [-0.05, 0) is 56.1 Å². The van der Waals surface area contributed by atoms with Crippen LogP contribution in [-0.2, 0) is 29.0 Å². The van der Waals surface area contributed by atoms with Gasteiger partial charge in [0, 0.05) is 11.8 Å². The first-order valence-electron chi connectivity index (χ1n) is 10.7. The quantitative estimate of drug-likeness (QED) is 0.165. The summed E-state index contributed by atoms with van der Waals surface area (Å²) in [6, 6.07) is 5.79. The summed E-state index contributed by atoms with van der Waals surface area (Å²) in [6.45, 7) is 1.75. The average Bonchev–Trinajstić information content (AvgIpc) is 3.50. The van der Waals surface area contributed by atoms with Crippen molar-refractivity contribution < 1.29 is 37.4 Å². The number of rotatable bonds is 9. The summed E-state index contributed by atoms with van der Waals surface area (Å²) in [5, 5.41) is 10.6. The van der Waals surface area contributed by atoms with Crippen LogP contribution in [0, 0.1) is 0 Å². The van der Waals surface area contributed by atoms with Crippen LogP contribution in [0.25, 0.3) is 0 Å². The Balaban J connectivity index is 1.77. The number of nitrogens with zero attached hydrogens (tertiary/aromatic N) is 2. The van der Waals surface area contributed by atoms with Crippen molar-refractivity contribution in [2.75, 3.05) is 18.2 Å². The van der Waals surface area contributed by atoms with Crippen LogP contribution < -0.4 is 16.0 Å². The third-order valence-corrected chi connectivity index (χ3v) is 6.97. The lowest BCUT2D eigenvalue weighted by atomic mass is 10.1. The molecular weight excluding hydrogens is 498 g/mol. The van der Waals surface area contributed by atoms with Gasteiger partial charge in [-0.2, -0.15) is 5.32 Å². The third kappa shape index (κ3) is 7.48. The molecule has 1 aromatic carbocycles. The molecule has 0 saturated heterocycles. The molecule has 1 aromatic heterocycles. The zero-order valence-electron chi connectivity index (χ0n) is 19.1. The van der Waals surface area contributed by atoms with Crippen molar-refractivity contribution in [1.29, 1.82) is 0 Å². The molecule has 1 aliphatic carbocycles. The molecule has 14 heteroatoms. The third-order valence-electron chi connectivity index (χ3n) is 4.87. The summed E-state index contributed by atoms with van der Waals surface area (Å²) < 4.78 is 28.1. The van der Waals surface area contributed by atoms with Crippen LogP contribution >= 0.6 is 11.3 Å². The first-order chi connectivity index (χ1) is 16.7. The molecule has 1 saturated carbocycles. The molecule has 1 aliphatic rings. The van der Waals surface area contributed by atoms with E-state index in [1.807, 2.05) is 0 Å². The van der Waals surface area contributed by atoms with Crippen LogP contribution in [0.1, 0.15) is 43.0 Å². The topological polar surface area (TPSA) is 173 Å². The maximum absolute atomic E-state index is 13.1. The minimum atomic E-state index is -3.40. The SMILES string of the molecule is CCOC(=O)O/N=C(\N)c1c[nH+]c(NC(=O)/C(=N/OC2CCCC2)c2ccc(S(C)(=O)=O)cc2)s1. The highest BCUT2D eigenvalue weighted by Gasteiger charge is 2.25. The van der Waals surface area contributed by atoms with Crippen LogP contribution in [0.3, 0.4) is 0 Å². The van der Waals surface area contributed by atoms with Crippen molar-refractivity contribution >= 4 is 49.9 Å². The zero-order chi connectivity index (χ0) is 25.4. The monoisotopic (exact) mass is 524 g/mol. The minimum Gasteiger partial charge on any atom is -0.433 e. The van der Waals surface area contributed by atoms with Crippen molar-refractivity contribution in [3.8, 4) is 0 Å². The number of carbonyl (C=O) groups excluding carboxylic acids is 2. The maximum Gasteiger partial charge on any atom is 0.535 e. The van der Waals surface area contributed by atoms with Crippen LogP contribution in [0.5, 0.6) is 0 Å². The van der Waals surface area contributed by atoms with E-state index in [1.165, 1.54) is 30.5 Å².